The van der Waals surface area contributed by atoms with E-state index < -0.39 is 0 Å². The Hall–Kier alpha value is -1.80. The van der Waals surface area contributed by atoms with Crippen LogP contribution in [0.3, 0.4) is 0 Å². The minimum Gasteiger partial charge on any atom is -0.461 e. The van der Waals surface area contributed by atoms with E-state index in [0.29, 0.717) is 17.5 Å². The van der Waals surface area contributed by atoms with E-state index >= 15 is 0 Å². The van der Waals surface area contributed by atoms with Crippen LogP contribution in [0.2, 0.25) is 5.02 Å². The Kier molecular flexibility index (Phi) is 5.40. The molecule has 2 aromatic rings. The molecule has 2 nitrogen and oxygen atoms in total. The summed E-state index contributed by atoms with van der Waals surface area (Å²) < 4.78 is 5.33. The molecule has 0 saturated heterocycles. The summed E-state index contributed by atoms with van der Waals surface area (Å²) in [5.74, 6) is 0.101. The highest BCUT2D eigenvalue weighted by Crippen LogP contribution is 2.24. The fourth-order valence-electron chi connectivity index (χ4n) is 2.21. The van der Waals surface area contributed by atoms with Crippen LogP contribution in [0.15, 0.2) is 48.5 Å². The largest absolute Gasteiger partial charge is 0.461 e. The molecule has 0 amide bonds. The number of benzene rings is 2. The van der Waals surface area contributed by atoms with Crippen LogP contribution in [0.1, 0.15) is 36.5 Å². The van der Waals surface area contributed by atoms with Crippen molar-refractivity contribution in [2.45, 2.75) is 32.8 Å². The van der Waals surface area contributed by atoms with Gasteiger partial charge in [-0.25, -0.2) is 0 Å². The van der Waals surface area contributed by atoms with Crippen molar-refractivity contribution >= 4 is 17.6 Å². The number of esters is 1. The van der Waals surface area contributed by atoms with E-state index in [1.807, 2.05) is 48.5 Å². The van der Waals surface area contributed by atoms with Gasteiger partial charge in [0.25, 0.3) is 0 Å². The maximum atomic E-state index is 12.0. The van der Waals surface area contributed by atoms with Crippen LogP contribution < -0.4 is 0 Å². The molecule has 0 heterocycles. The minimum absolute atomic E-state index is 0.219. The van der Waals surface area contributed by atoms with Crippen molar-refractivity contribution in [3.05, 3.63) is 70.2 Å². The zero-order valence-corrected chi connectivity index (χ0v) is 13.1. The summed E-state index contributed by atoms with van der Waals surface area (Å²) in [6.45, 7) is 4.49. The number of hydrogen-bond donors (Lipinski definition) is 0. The average molecular weight is 303 g/mol. The molecular formula is C18H19ClO2. The highest BCUT2D eigenvalue weighted by atomic mass is 35.5. The molecule has 0 unspecified atom stereocenters. The van der Waals surface area contributed by atoms with E-state index in [-0.39, 0.29) is 12.4 Å². The third kappa shape index (κ3) is 4.61. The van der Waals surface area contributed by atoms with E-state index in [4.69, 9.17) is 16.3 Å². The number of halogens is 1. The van der Waals surface area contributed by atoms with Gasteiger partial charge in [-0.1, -0.05) is 61.8 Å². The minimum atomic E-state index is -0.219. The molecule has 0 N–H and O–H groups in total. The second-order valence-electron chi connectivity index (χ2n) is 5.32. The lowest BCUT2D eigenvalue weighted by atomic mass is 9.95. The lowest BCUT2D eigenvalue weighted by Crippen LogP contribution is -2.10. The van der Waals surface area contributed by atoms with Crippen molar-refractivity contribution in [3.8, 4) is 0 Å². The van der Waals surface area contributed by atoms with E-state index in [1.54, 1.807) is 0 Å². The first kappa shape index (κ1) is 15.6. The van der Waals surface area contributed by atoms with Gasteiger partial charge in [0.15, 0.2) is 0 Å². The molecule has 0 atom stereocenters. The van der Waals surface area contributed by atoms with Crippen LogP contribution in [0.4, 0.5) is 0 Å². The quantitative estimate of drug-likeness (QED) is 0.745. The Morgan fingerprint density at radius 2 is 1.86 bits per heavy atom. The molecule has 3 heteroatoms. The predicted octanol–water partition coefficient (Wildman–Crippen LogP) is 4.75. The molecule has 0 radical (unpaired) electrons. The lowest BCUT2D eigenvalue weighted by Gasteiger charge is -2.13. The molecule has 0 aliphatic rings. The zero-order valence-electron chi connectivity index (χ0n) is 12.3. The Morgan fingerprint density at radius 3 is 2.52 bits per heavy atom. The first-order chi connectivity index (χ1) is 10.1. The highest BCUT2D eigenvalue weighted by Gasteiger charge is 2.12. The maximum Gasteiger partial charge on any atom is 0.310 e. The number of ether oxygens (including phenoxy) is 1. The predicted molar refractivity (Wildman–Crippen MR) is 85.5 cm³/mol. The van der Waals surface area contributed by atoms with Crippen LogP contribution >= 0.6 is 11.6 Å². The van der Waals surface area contributed by atoms with Crippen LogP contribution in [0.5, 0.6) is 0 Å². The molecule has 0 aliphatic heterocycles. The van der Waals surface area contributed by atoms with Gasteiger partial charge in [-0.2, -0.15) is 0 Å². The van der Waals surface area contributed by atoms with Gasteiger partial charge in [-0.05, 0) is 34.7 Å². The average Bonchev–Trinajstić information content (AvgIpc) is 2.48. The van der Waals surface area contributed by atoms with Gasteiger partial charge in [-0.3, -0.25) is 4.79 Å². The third-order valence-electron chi connectivity index (χ3n) is 3.31. The summed E-state index contributed by atoms with van der Waals surface area (Å²) in [7, 11) is 0. The number of carbonyl (C=O) groups excluding carboxylic acids is 1. The molecule has 2 rings (SSSR count). The van der Waals surface area contributed by atoms with Gasteiger partial charge in [-0.15, -0.1) is 0 Å². The molecule has 0 spiro atoms. The smallest absolute Gasteiger partial charge is 0.310 e. The fraction of sp³-hybridized carbons (Fsp3) is 0.278. The molecule has 2 aromatic carbocycles. The topological polar surface area (TPSA) is 26.3 Å². The standard InChI is InChI=1S/C18H19ClO2/c1-13(2)17-11-16(19)9-8-15(17)10-18(20)21-12-14-6-4-3-5-7-14/h3-9,11,13H,10,12H2,1-2H3. The van der Waals surface area contributed by atoms with Crippen molar-refractivity contribution in [2.75, 3.05) is 0 Å². The van der Waals surface area contributed by atoms with Crippen LogP contribution in [0.25, 0.3) is 0 Å². The molecule has 0 saturated carbocycles. The van der Waals surface area contributed by atoms with Crippen molar-refractivity contribution in [3.63, 3.8) is 0 Å². The molecule has 0 aliphatic carbocycles. The van der Waals surface area contributed by atoms with Crippen LogP contribution in [-0.2, 0) is 22.6 Å². The Morgan fingerprint density at radius 1 is 1.14 bits per heavy atom. The summed E-state index contributed by atoms with van der Waals surface area (Å²) in [6.07, 6.45) is 0.275. The second-order valence-corrected chi connectivity index (χ2v) is 5.76. The summed E-state index contributed by atoms with van der Waals surface area (Å²) >= 11 is 6.02. The first-order valence-corrected chi connectivity index (χ1v) is 7.42. The Labute approximate surface area is 130 Å². The number of hydrogen-bond acceptors (Lipinski definition) is 2. The monoisotopic (exact) mass is 302 g/mol. The lowest BCUT2D eigenvalue weighted by molar-refractivity contribution is -0.144. The molecule has 110 valence electrons. The molecular weight excluding hydrogens is 284 g/mol. The van der Waals surface area contributed by atoms with Gasteiger partial charge in [0.1, 0.15) is 6.61 Å². The van der Waals surface area contributed by atoms with Crippen molar-refractivity contribution in [1.29, 1.82) is 0 Å². The molecule has 21 heavy (non-hydrogen) atoms. The summed E-state index contributed by atoms with van der Waals surface area (Å²) in [5, 5.41) is 0.695. The van der Waals surface area contributed by atoms with Gasteiger partial charge in [0.2, 0.25) is 0 Å². The highest BCUT2D eigenvalue weighted by molar-refractivity contribution is 6.30. The van der Waals surface area contributed by atoms with Crippen molar-refractivity contribution in [1.82, 2.24) is 0 Å². The van der Waals surface area contributed by atoms with Crippen LogP contribution in [0, 0.1) is 0 Å². The summed E-state index contributed by atoms with van der Waals surface area (Å²) in [5.41, 5.74) is 3.07. The SMILES string of the molecule is CC(C)c1cc(Cl)ccc1CC(=O)OCc1ccccc1. The summed E-state index contributed by atoms with van der Waals surface area (Å²) in [4.78, 5) is 12.0. The molecule has 0 fully saturated rings. The maximum absolute atomic E-state index is 12.0. The number of carbonyl (C=O) groups is 1. The van der Waals surface area contributed by atoms with Gasteiger partial charge >= 0.3 is 5.97 Å². The first-order valence-electron chi connectivity index (χ1n) is 7.04. The summed E-state index contributed by atoms with van der Waals surface area (Å²) in [6, 6.07) is 15.3. The second kappa shape index (κ2) is 7.28. The van der Waals surface area contributed by atoms with Crippen molar-refractivity contribution < 1.29 is 9.53 Å². The Bertz CT molecular complexity index is 606. The van der Waals surface area contributed by atoms with Crippen molar-refractivity contribution in [2.24, 2.45) is 0 Å². The van der Waals surface area contributed by atoms with Gasteiger partial charge < -0.3 is 4.74 Å². The normalized spacial score (nSPS) is 10.7. The number of rotatable bonds is 5. The Balaban J connectivity index is 2.00. The fourth-order valence-corrected chi connectivity index (χ4v) is 2.39. The molecule has 0 bridgehead atoms. The van der Waals surface area contributed by atoms with Gasteiger partial charge in [0.05, 0.1) is 6.42 Å². The van der Waals surface area contributed by atoms with E-state index in [0.717, 1.165) is 16.7 Å². The van der Waals surface area contributed by atoms with Gasteiger partial charge in [0, 0.05) is 5.02 Å². The molecule has 0 aromatic heterocycles. The third-order valence-corrected chi connectivity index (χ3v) is 3.54. The van der Waals surface area contributed by atoms with E-state index in [9.17, 15) is 4.79 Å². The van der Waals surface area contributed by atoms with E-state index in [1.165, 1.54) is 0 Å². The van der Waals surface area contributed by atoms with E-state index in [2.05, 4.69) is 13.8 Å². The van der Waals surface area contributed by atoms with Crippen LogP contribution in [-0.4, -0.2) is 5.97 Å². The zero-order chi connectivity index (χ0) is 15.2.